The Balaban J connectivity index is 1.47. The molecule has 0 heterocycles. The number of unbranched alkanes of at least 4 members (excludes halogenated alkanes) is 1. The molecule has 8 nitrogen and oxygen atoms in total. The van der Waals surface area contributed by atoms with Crippen molar-refractivity contribution in [3.63, 3.8) is 0 Å². The topological polar surface area (TPSA) is 106 Å². The van der Waals surface area contributed by atoms with Gasteiger partial charge >= 0.3 is 12.2 Å². The first-order valence-corrected chi connectivity index (χ1v) is 12.7. The van der Waals surface area contributed by atoms with Crippen molar-refractivity contribution in [3.05, 3.63) is 101 Å². The average Bonchev–Trinajstić information content (AvgIpc) is 2.93. The number of anilines is 1. The Morgan fingerprint density at radius 1 is 0.737 bits per heavy atom. The Morgan fingerprint density at radius 2 is 1.34 bits per heavy atom. The summed E-state index contributed by atoms with van der Waals surface area (Å²) in [5, 5.41) is 8.28. The zero-order valence-electron chi connectivity index (χ0n) is 21.9. The second kappa shape index (κ2) is 15.0. The van der Waals surface area contributed by atoms with Crippen LogP contribution in [0.4, 0.5) is 15.3 Å². The molecule has 38 heavy (non-hydrogen) atoms. The largest absolute Gasteiger partial charge is 0.445 e. The highest BCUT2D eigenvalue weighted by Gasteiger charge is 2.21. The van der Waals surface area contributed by atoms with E-state index in [1.54, 1.807) is 0 Å². The highest BCUT2D eigenvalue weighted by Crippen LogP contribution is 2.15. The third-order valence-electron chi connectivity index (χ3n) is 6.00. The van der Waals surface area contributed by atoms with Gasteiger partial charge in [0.05, 0.1) is 0 Å². The van der Waals surface area contributed by atoms with Gasteiger partial charge in [-0.25, -0.2) is 9.59 Å². The molecule has 200 valence electrons. The molecule has 0 aliphatic rings. The minimum absolute atomic E-state index is 0.104. The molecule has 0 radical (unpaired) electrons. The van der Waals surface area contributed by atoms with Gasteiger partial charge in [-0.2, -0.15) is 0 Å². The Bertz CT molecular complexity index is 1190. The van der Waals surface area contributed by atoms with Crippen LogP contribution in [-0.4, -0.2) is 30.7 Å². The molecule has 3 N–H and O–H groups in total. The molecule has 3 rings (SSSR count). The van der Waals surface area contributed by atoms with Gasteiger partial charge in [0.15, 0.2) is 0 Å². The maximum atomic E-state index is 13.0. The fourth-order valence-electron chi connectivity index (χ4n) is 3.66. The maximum absolute atomic E-state index is 13.0. The van der Waals surface area contributed by atoms with Crippen LogP contribution in [0.3, 0.4) is 0 Å². The molecule has 1 unspecified atom stereocenters. The third kappa shape index (κ3) is 9.97. The summed E-state index contributed by atoms with van der Waals surface area (Å²) in [5.41, 5.74) is 4.59. The van der Waals surface area contributed by atoms with Crippen molar-refractivity contribution in [1.29, 1.82) is 0 Å². The van der Waals surface area contributed by atoms with Crippen LogP contribution in [0.5, 0.6) is 0 Å². The molecule has 0 saturated heterocycles. The van der Waals surface area contributed by atoms with E-state index in [1.165, 1.54) is 0 Å². The molecule has 8 heteroatoms. The number of carbonyl (C=O) groups excluding carboxylic acids is 3. The number of ether oxygens (including phenoxy) is 2. The molecule has 0 spiro atoms. The second-order valence-electron chi connectivity index (χ2n) is 9.03. The lowest BCUT2D eigenvalue weighted by atomic mass is 10.1. The molecule has 3 amide bonds. The number of benzene rings is 3. The molecule has 3 aromatic carbocycles. The average molecular weight is 518 g/mol. The molecular weight excluding hydrogens is 482 g/mol. The van der Waals surface area contributed by atoms with Gasteiger partial charge in [-0.1, -0.05) is 66.7 Å². The van der Waals surface area contributed by atoms with Gasteiger partial charge in [0.2, 0.25) is 5.91 Å². The van der Waals surface area contributed by atoms with Crippen LogP contribution in [0.2, 0.25) is 0 Å². The van der Waals surface area contributed by atoms with Gasteiger partial charge in [-0.15, -0.1) is 0 Å². The molecule has 3 aromatic rings. The second-order valence-corrected chi connectivity index (χ2v) is 9.03. The van der Waals surface area contributed by atoms with Crippen molar-refractivity contribution in [2.24, 2.45) is 0 Å². The summed E-state index contributed by atoms with van der Waals surface area (Å²) in [6.45, 7) is 4.66. The van der Waals surface area contributed by atoms with E-state index < -0.39 is 18.2 Å². The van der Waals surface area contributed by atoms with Crippen LogP contribution < -0.4 is 16.0 Å². The summed E-state index contributed by atoms with van der Waals surface area (Å²) in [4.78, 5) is 37.4. The van der Waals surface area contributed by atoms with Crippen molar-refractivity contribution in [3.8, 4) is 0 Å². The van der Waals surface area contributed by atoms with Crippen LogP contribution in [0, 0.1) is 13.8 Å². The summed E-state index contributed by atoms with van der Waals surface area (Å²) >= 11 is 0. The number of rotatable bonds is 12. The normalized spacial score (nSPS) is 11.2. The van der Waals surface area contributed by atoms with E-state index in [2.05, 4.69) is 16.0 Å². The van der Waals surface area contributed by atoms with Crippen molar-refractivity contribution < 1.29 is 23.9 Å². The molecule has 1 atom stereocenters. The van der Waals surface area contributed by atoms with E-state index in [-0.39, 0.29) is 19.1 Å². The highest BCUT2D eigenvalue weighted by molar-refractivity contribution is 5.96. The van der Waals surface area contributed by atoms with Crippen LogP contribution in [-0.2, 0) is 27.5 Å². The minimum Gasteiger partial charge on any atom is -0.445 e. The molecule has 0 aliphatic heterocycles. The Morgan fingerprint density at radius 3 is 1.95 bits per heavy atom. The van der Waals surface area contributed by atoms with E-state index in [0.717, 1.165) is 22.3 Å². The number of aryl methyl sites for hydroxylation is 2. The van der Waals surface area contributed by atoms with Gasteiger partial charge in [0, 0.05) is 12.2 Å². The first-order valence-electron chi connectivity index (χ1n) is 12.7. The first-order chi connectivity index (χ1) is 18.4. The Hall–Kier alpha value is -4.33. The lowest BCUT2D eigenvalue weighted by Gasteiger charge is -2.19. The van der Waals surface area contributed by atoms with E-state index in [9.17, 15) is 14.4 Å². The number of hydrogen-bond acceptors (Lipinski definition) is 5. The number of hydrogen-bond donors (Lipinski definition) is 3. The first kappa shape index (κ1) is 28.2. The van der Waals surface area contributed by atoms with Crippen LogP contribution in [0.1, 0.15) is 41.5 Å². The highest BCUT2D eigenvalue weighted by atomic mass is 16.6. The number of carbonyl (C=O) groups is 3. The monoisotopic (exact) mass is 517 g/mol. The van der Waals surface area contributed by atoms with Crippen LogP contribution in [0.25, 0.3) is 0 Å². The van der Waals surface area contributed by atoms with E-state index >= 15 is 0 Å². The number of amides is 3. The summed E-state index contributed by atoms with van der Waals surface area (Å²) in [7, 11) is 0. The van der Waals surface area contributed by atoms with Gasteiger partial charge in [-0.05, 0) is 67.5 Å². The molecular formula is C30H35N3O5. The maximum Gasteiger partial charge on any atom is 0.408 e. The molecule has 0 aliphatic carbocycles. The Labute approximate surface area is 223 Å². The molecule has 0 saturated carbocycles. The van der Waals surface area contributed by atoms with Crippen LogP contribution >= 0.6 is 0 Å². The fraction of sp³-hybridized carbons (Fsp3) is 0.300. The minimum atomic E-state index is -0.801. The van der Waals surface area contributed by atoms with Crippen molar-refractivity contribution >= 4 is 23.8 Å². The molecule has 0 aromatic heterocycles. The lowest BCUT2D eigenvalue weighted by molar-refractivity contribution is -0.118. The van der Waals surface area contributed by atoms with Crippen molar-refractivity contribution in [2.75, 3.05) is 11.9 Å². The quantitative estimate of drug-likeness (QED) is 0.270. The summed E-state index contributed by atoms with van der Waals surface area (Å²) in [5.74, 6) is -0.333. The number of nitrogens with one attached hydrogen (secondary N) is 3. The predicted molar refractivity (Wildman–Crippen MR) is 147 cm³/mol. The molecule has 0 bridgehead atoms. The van der Waals surface area contributed by atoms with E-state index in [4.69, 9.17) is 9.47 Å². The third-order valence-corrected chi connectivity index (χ3v) is 6.00. The smallest absolute Gasteiger partial charge is 0.408 e. The fourth-order valence-corrected chi connectivity index (χ4v) is 3.66. The zero-order chi connectivity index (χ0) is 27.2. The van der Waals surface area contributed by atoms with Gasteiger partial charge in [-0.3, -0.25) is 4.79 Å². The SMILES string of the molecule is Cc1ccc(NC(=O)C(CCCCNC(=O)OCc2ccccc2)NC(=O)OCc2ccccc2)cc1C. The van der Waals surface area contributed by atoms with Gasteiger partial charge in [0.25, 0.3) is 0 Å². The van der Waals surface area contributed by atoms with Crippen LogP contribution in [0.15, 0.2) is 78.9 Å². The number of alkyl carbamates (subject to hydrolysis) is 2. The standard InChI is InChI=1S/C30H35N3O5/c1-22-16-17-26(19-23(22)2)32-28(34)27(33-30(36)38-21-25-13-7-4-8-14-25)15-9-10-18-31-29(35)37-20-24-11-5-3-6-12-24/h3-8,11-14,16-17,19,27H,9-10,15,18,20-21H2,1-2H3,(H,31,35)(H,32,34)(H,33,36). The van der Waals surface area contributed by atoms with Crippen molar-refractivity contribution in [1.82, 2.24) is 10.6 Å². The van der Waals surface area contributed by atoms with E-state index in [1.807, 2.05) is 92.7 Å². The molecule has 0 fully saturated rings. The Kier molecular flexibility index (Phi) is 11.2. The van der Waals surface area contributed by atoms with Gasteiger partial charge < -0.3 is 25.4 Å². The zero-order valence-corrected chi connectivity index (χ0v) is 21.9. The van der Waals surface area contributed by atoms with E-state index in [0.29, 0.717) is 31.5 Å². The summed E-state index contributed by atoms with van der Waals surface area (Å²) < 4.78 is 10.5. The predicted octanol–water partition coefficient (Wildman–Crippen LogP) is 5.63. The van der Waals surface area contributed by atoms with Gasteiger partial charge in [0.1, 0.15) is 19.3 Å². The summed E-state index contributed by atoms with van der Waals surface area (Å²) in [6, 6.07) is 23.6. The summed E-state index contributed by atoms with van der Waals surface area (Å²) in [6.07, 6.45) is 0.396. The lowest BCUT2D eigenvalue weighted by Crippen LogP contribution is -2.44. The van der Waals surface area contributed by atoms with Crippen molar-refractivity contribution in [2.45, 2.75) is 52.4 Å².